The zero-order valence-corrected chi connectivity index (χ0v) is 14.0. The Morgan fingerprint density at radius 1 is 0.636 bits per heavy atom. The topological polar surface area (TPSA) is 18.5 Å². The van der Waals surface area contributed by atoms with Gasteiger partial charge in [-0.1, -0.05) is 66.7 Å². The fourth-order valence-corrected chi connectivity index (χ4v) is 3.96. The molecule has 110 valence electrons. The molecule has 0 amide bonds. The van der Waals surface area contributed by atoms with Gasteiger partial charge in [-0.3, -0.25) is 0 Å². The molecule has 0 N–H and O–H groups in total. The zero-order valence-electron chi connectivity index (χ0n) is 11.9. The molecule has 0 aliphatic heterocycles. The second-order valence-electron chi connectivity index (χ2n) is 4.65. The summed E-state index contributed by atoms with van der Waals surface area (Å²) in [6.07, 6.45) is 0. The summed E-state index contributed by atoms with van der Waals surface area (Å²) < 4.78 is 11.5. The van der Waals surface area contributed by atoms with Crippen molar-refractivity contribution in [3.8, 4) is 11.5 Å². The van der Waals surface area contributed by atoms with Crippen LogP contribution in [0.5, 0.6) is 11.5 Å². The third-order valence-electron chi connectivity index (χ3n) is 3.12. The van der Waals surface area contributed by atoms with E-state index in [2.05, 4.69) is 33.7 Å². The maximum Gasteiger partial charge on any atom is 0.150 e. The molecular weight excluding hydrogens is 310 g/mol. The van der Waals surface area contributed by atoms with Crippen molar-refractivity contribution >= 4 is 28.2 Å². The van der Waals surface area contributed by atoms with Gasteiger partial charge in [0, 0.05) is 16.7 Å². The Morgan fingerprint density at radius 3 is 1.73 bits per heavy atom. The Labute approximate surface area is 134 Å². The van der Waals surface area contributed by atoms with Gasteiger partial charge in [-0.05, 0) is 12.1 Å². The minimum Gasteiger partial charge on any atom is -0.480 e. The van der Waals surface area contributed by atoms with Crippen LogP contribution in [-0.4, -0.2) is 0 Å². The van der Waals surface area contributed by atoms with E-state index in [1.165, 1.54) is 10.6 Å². The minimum absolute atomic E-state index is 0.763. The van der Waals surface area contributed by atoms with Crippen molar-refractivity contribution in [3.63, 3.8) is 0 Å². The lowest BCUT2D eigenvalue weighted by Crippen LogP contribution is -2.15. The van der Waals surface area contributed by atoms with E-state index in [4.69, 9.17) is 9.05 Å². The van der Waals surface area contributed by atoms with Gasteiger partial charge in [-0.2, -0.15) is 0 Å². The second kappa shape index (κ2) is 7.40. The summed E-state index contributed by atoms with van der Waals surface area (Å²) in [6.45, 7) is 0. The maximum absolute atomic E-state index is 6.30. The lowest BCUT2D eigenvalue weighted by Gasteiger charge is -2.19. The summed E-state index contributed by atoms with van der Waals surface area (Å²) in [5.74, 6) is 1.57. The lowest BCUT2D eigenvalue weighted by atomic mass is 10.3. The van der Waals surface area contributed by atoms with Crippen molar-refractivity contribution in [1.29, 1.82) is 0 Å². The van der Waals surface area contributed by atoms with E-state index in [1.807, 2.05) is 60.7 Å². The highest BCUT2D eigenvalue weighted by atomic mass is 31.1. The Kier molecular flexibility index (Phi) is 5.06. The first kappa shape index (κ1) is 15.0. The molecule has 0 aliphatic carbocycles. The molecule has 0 bridgehead atoms. The molecule has 0 fully saturated rings. The van der Waals surface area contributed by atoms with Gasteiger partial charge in [0.15, 0.2) is 8.15 Å². The van der Waals surface area contributed by atoms with E-state index in [0.717, 1.165) is 11.5 Å². The lowest BCUT2D eigenvalue weighted by molar-refractivity contribution is 0.608. The fraction of sp³-hybridized carbons (Fsp3) is 0. The van der Waals surface area contributed by atoms with E-state index in [9.17, 15) is 0 Å². The molecule has 0 aromatic heterocycles. The largest absolute Gasteiger partial charge is 0.480 e. The van der Waals surface area contributed by atoms with Crippen LogP contribution in [0.1, 0.15) is 0 Å². The molecule has 0 saturated carbocycles. The van der Waals surface area contributed by atoms with Gasteiger partial charge in [-0.25, -0.2) is 0 Å². The van der Waals surface area contributed by atoms with Crippen LogP contribution in [0.2, 0.25) is 0 Å². The predicted molar refractivity (Wildman–Crippen MR) is 96.5 cm³/mol. The minimum atomic E-state index is -0.907. The van der Waals surface area contributed by atoms with E-state index in [1.54, 1.807) is 0 Å². The second-order valence-corrected chi connectivity index (χ2v) is 6.69. The molecule has 0 spiro atoms. The molecule has 4 heteroatoms. The smallest absolute Gasteiger partial charge is 0.150 e. The summed E-state index contributed by atoms with van der Waals surface area (Å²) in [6, 6.07) is 28.3. The molecule has 2 nitrogen and oxygen atoms in total. The van der Waals surface area contributed by atoms with E-state index >= 15 is 0 Å². The van der Waals surface area contributed by atoms with Crippen LogP contribution in [0.15, 0.2) is 84.9 Å². The molecule has 1 unspecified atom stereocenters. The van der Waals surface area contributed by atoms with Gasteiger partial charge in [0.1, 0.15) is 11.5 Å². The van der Waals surface area contributed by atoms with Gasteiger partial charge in [-0.15, -0.1) is 0 Å². The standard InChI is InChI=1S/C18H16O2P2/c21-19-15-8-7-9-16(14-15)20-22(17-10-3-1-4-11-17)18-12-5-2-6-13-18/h1-14H,21H2. The van der Waals surface area contributed by atoms with Crippen LogP contribution in [0, 0.1) is 0 Å². The highest BCUT2D eigenvalue weighted by Gasteiger charge is 2.16. The van der Waals surface area contributed by atoms with Crippen LogP contribution in [0.4, 0.5) is 0 Å². The van der Waals surface area contributed by atoms with Crippen molar-refractivity contribution in [2.24, 2.45) is 0 Å². The monoisotopic (exact) mass is 326 g/mol. The van der Waals surface area contributed by atoms with E-state index < -0.39 is 8.15 Å². The van der Waals surface area contributed by atoms with Crippen molar-refractivity contribution in [1.82, 2.24) is 0 Å². The average molecular weight is 326 g/mol. The molecule has 0 radical (unpaired) electrons. The van der Waals surface area contributed by atoms with Gasteiger partial charge in [0.2, 0.25) is 0 Å². The Hall–Kier alpha value is -1.88. The highest BCUT2D eigenvalue weighted by Crippen LogP contribution is 2.37. The highest BCUT2D eigenvalue weighted by molar-refractivity contribution is 7.68. The zero-order chi connectivity index (χ0) is 15.2. The maximum atomic E-state index is 6.30. The first-order valence-corrected chi connectivity index (χ1v) is 8.65. The molecule has 3 rings (SSSR count). The van der Waals surface area contributed by atoms with Gasteiger partial charge in [0.25, 0.3) is 0 Å². The van der Waals surface area contributed by atoms with Crippen molar-refractivity contribution in [3.05, 3.63) is 84.9 Å². The summed E-state index contributed by atoms with van der Waals surface area (Å²) in [7, 11) is 1.35. The van der Waals surface area contributed by atoms with E-state index in [-0.39, 0.29) is 0 Å². The third-order valence-corrected chi connectivity index (χ3v) is 5.32. The number of benzene rings is 3. The fourth-order valence-electron chi connectivity index (χ4n) is 2.09. The SMILES string of the molecule is POc1cccc(OP(c2ccccc2)c2ccccc2)c1. The number of rotatable bonds is 5. The van der Waals surface area contributed by atoms with Crippen LogP contribution in [0.3, 0.4) is 0 Å². The van der Waals surface area contributed by atoms with Crippen LogP contribution in [-0.2, 0) is 0 Å². The van der Waals surface area contributed by atoms with Crippen LogP contribution < -0.4 is 19.7 Å². The summed E-state index contributed by atoms with van der Waals surface area (Å²) in [4.78, 5) is 0. The molecule has 0 saturated heterocycles. The van der Waals surface area contributed by atoms with Crippen LogP contribution >= 0.6 is 17.6 Å². The summed E-state index contributed by atoms with van der Waals surface area (Å²) in [5, 5.41) is 2.36. The number of hydrogen-bond acceptors (Lipinski definition) is 2. The Morgan fingerprint density at radius 2 is 1.18 bits per heavy atom. The molecule has 1 atom stereocenters. The normalized spacial score (nSPS) is 10.5. The van der Waals surface area contributed by atoms with Crippen LogP contribution in [0.25, 0.3) is 0 Å². The molecular formula is C18H16O2P2. The van der Waals surface area contributed by atoms with Crippen molar-refractivity contribution in [2.45, 2.75) is 0 Å². The quantitative estimate of drug-likeness (QED) is 0.652. The van der Waals surface area contributed by atoms with Gasteiger partial charge in [0.05, 0.1) is 9.47 Å². The van der Waals surface area contributed by atoms with Crippen molar-refractivity contribution < 1.29 is 9.05 Å². The summed E-state index contributed by atoms with van der Waals surface area (Å²) in [5.41, 5.74) is 0. The first-order chi connectivity index (χ1) is 10.9. The van der Waals surface area contributed by atoms with E-state index in [0.29, 0.717) is 0 Å². The average Bonchev–Trinajstić information content (AvgIpc) is 2.61. The molecule has 22 heavy (non-hydrogen) atoms. The predicted octanol–water partition coefficient (Wildman–Crippen LogP) is 4.28. The third kappa shape index (κ3) is 3.65. The molecule has 3 aromatic rings. The molecule has 0 heterocycles. The molecule has 0 aliphatic rings. The Balaban J connectivity index is 1.95. The summed E-state index contributed by atoms with van der Waals surface area (Å²) >= 11 is 0. The first-order valence-electron chi connectivity index (χ1n) is 6.92. The Bertz CT molecular complexity index is 678. The number of hydrogen-bond donors (Lipinski definition) is 0. The van der Waals surface area contributed by atoms with Gasteiger partial charge >= 0.3 is 0 Å². The van der Waals surface area contributed by atoms with Gasteiger partial charge < -0.3 is 9.05 Å². The molecule has 3 aromatic carbocycles. The van der Waals surface area contributed by atoms with Crippen molar-refractivity contribution in [2.75, 3.05) is 0 Å².